The zero-order valence-corrected chi connectivity index (χ0v) is 23.5. The van der Waals surface area contributed by atoms with E-state index in [1.165, 1.54) is 0 Å². The predicted octanol–water partition coefficient (Wildman–Crippen LogP) is 4.73. The lowest BCUT2D eigenvalue weighted by Gasteiger charge is -2.18. The molecule has 0 bridgehead atoms. The second-order valence-corrected chi connectivity index (χ2v) is 9.66. The van der Waals surface area contributed by atoms with Gasteiger partial charge in [-0.25, -0.2) is 0 Å². The van der Waals surface area contributed by atoms with E-state index in [1.807, 2.05) is 0 Å². The van der Waals surface area contributed by atoms with Gasteiger partial charge in [0.05, 0.1) is 0 Å². The average Bonchev–Trinajstić information content (AvgIpc) is 3.00. The van der Waals surface area contributed by atoms with E-state index in [9.17, 15) is 71.5 Å². The summed E-state index contributed by atoms with van der Waals surface area (Å²) >= 11 is 0. The highest BCUT2D eigenvalue weighted by Crippen LogP contribution is 2.56. The standard InChI is InChI=1S/C30H22O18/c31-9-1-16(36)27(17(37)2-9)47-20-7-14(34)24(42)26(44)30(20)46-11-5-18(38)28(19(39)6-11)48-21-8-15(35)23(41)25(43)29(21)45-10-3-12(32)22(40)13(33)4-10/h1-8,31-44H. The third-order valence-corrected chi connectivity index (χ3v) is 6.31. The molecule has 5 aromatic carbocycles. The van der Waals surface area contributed by atoms with Crippen molar-refractivity contribution in [1.82, 2.24) is 0 Å². The minimum Gasteiger partial charge on any atom is -0.508 e. The lowest BCUT2D eigenvalue weighted by molar-refractivity contribution is 0.319. The molecule has 0 amide bonds. The summed E-state index contributed by atoms with van der Waals surface area (Å²) in [6.45, 7) is 0. The first-order valence-corrected chi connectivity index (χ1v) is 12.9. The summed E-state index contributed by atoms with van der Waals surface area (Å²) in [6, 6.07) is 6.09. The van der Waals surface area contributed by atoms with Gasteiger partial charge in [-0.1, -0.05) is 0 Å². The van der Waals surface area contributed by atoms with Crippen LogP contribution in [0.5, 0.6) is 126 Å². The van der Waals surface area contributed by atoms with Crippen LogP contribution in [0.25, 0.3) is 0 Å². The molecule has 14 N–H and O–H groups in total. The van der Waals surface area contributed by atoms with Crippen LogP contribution in [0.2, 0.25) is 0 Å². The Morgan fingerprint density at radius 2 is 0.583 bits per heavy atom. The molecule has 0 aromatic heterocycles. The molecule has 5 rings (SSSR count). The fourth-order valence-electron chi connectivity index (χ4n) is 4.08. The van der Waals surface area contributed by atoms with Gasteiger partial charge in [-0.2, -0.15) is 0 Å². The van der Waals surface area contributed by atoms with E-state index in [0.717, 1.165) is 36.4 Å². The molecule has 0 saturated carbocycles. The highest BCUT2D eigenvalue weighted by atomic mass is 16.5. The molecule has 0 saturated heterocycles. The summed E-state index contributed by atoms with van der Waals surface area (Å²) in [7, 11) is 0. The smallest absolute Gasteiger partial charge is 0.215 e. The molecule has 250 valence electrons. The van der Waals surface area contributed by atoms with Crippen molar-refractivity contribution >= 4 is 0 Å². The first kappa shape index (κ1) is 31.9. The number of phenols is 14. The van der Waals surface area contributed by atoms with Gasteiger partial charge in [0.2, 0.25) is 51.7 Å². The van der Waals surface area contributed by atoms with Gasteiger partial charge in [0.25, 0.3) is 0 Å². The number of hydrogen-bond donors (Lipinski definition) is 14. The molecule has 5 aromatic rings. The predicted molar refractivity (Wildman–Crippen MR) is 156 cm³/mol. The third kappa shape index (κ3) is 5.81. The van der Waals surface area contributed by atoms with E-state index in [1.54, 1.807) is 0 Å². The quantitative estimate of drug-likeness (QED) is 0.0991. The van der Waals surface area contributed by atoms with E-state index < -0.39 is 126 Å². The van der Waals surface area contributed by atoms with Gasteiger partial charge in [0, 0.05) is 48.5 Å². The molecule has 0 aliphatic carbocycles. The highest BCUT2D eigenvalue weighted by Gasteiger charge is 2.27. The zero-order chi connectivity index (χ0) is 35.2. The van der Waals surface area contributed by atoms with E-state index in [2.05, 4.69) is 0 Å². The van der Waals surface area contributed by atoms with E-state index in [-0.39, 0.29) is 0 Å². The average molecular weight is 670 g/mol. The first-order chi connectivity index (χ1) is 22.5. The van der Waals surface area contributed by atoms with Crippen LogP contribution in [-0.4, -0.2) is 71.5 Å². The molecule has 0 spiro atoms. The highest BCUT2D eigenvalue weighted by molar-refractivity contribution is 5.69. The van der Waals surface area contributed by atoms with Crippen LogP contribution in [0, 0.1) is 0 Å². The Kier molecular flexibility index (Phi) is 7.83. The van der Waals surface area contributed by atoms with Crippen molar-refractivity contribution in [3.05, 3.63) is 48.5 Å². The van der Waals surface area contributed by atoms with Crippen molar-refractivity contribution in [3.63, 3.8) is 0 Å². The fourth-order valence-corrected chi connectivity index (χ4v) is 4.08. The van der Waals surface area contributed by atoms with Gasteiger partial charge in [-0.3, -0.25) is 0 Å². The van der Waals surface area contributed by atoms with Gasteiger partial charge >= 0.3 is 0 Å². The topological polar surface area (TPSA) is 320 Å². The molecular formula is C30H22O18. The van der Waals surface area contributed by atoms with E-state index in [4.69, 9.17) is 18.9 Å². The van der Waals surface area contributed by atoms with Gasteiger partial charge < -0.3 is 90.4 Å². The lowest BCUT2D eigenvalue weighted by atomic mass is 10.2. The largest absolute Gasteiger partial charge is 0.508 e. The summed E-state index contributed by atoms with van der Waals surface area (Å²) < 4.78 is 21.6. The van der Waals surface area contributed by atoms with Crippen LogP contribution in [0.4, 0.5) is 0 Å². The van der Waals surface area contributed by atoms with Crippen LogP contribution in [0.15, 0.2) is 48.5 Å². The maximum absolute atomic E-state index is 10.7. The minimum absolute atomic E-state index is 0.436. The maximum Gasteiger partial charge on any atom is 0.215 e. The van der Waals surface area contributed by atoms with E-state index >= 15 is 0 Å². The van der Waals surface area contributed by atoms with E-state index in [0.29, 0.717) is 12.1 Å². The maximum atomic E-state index is 10.7. The first-order valence-electron chi connectivity index (χ1n) is 12.9. The van der Waals surface area contributed by atoms with Crippen LogP contribution in [-0.2, 0) is 0 Å². The Labute approximate surface area is 265 Å². The number of hydrogen-bond acceptors (Lipinski definition) is 18. The Bertz CT molecular complexity index is 2020. The molecule has 18 nitrogen and oxygen atoms in total. The van der Waals surface area contributed by atoms with Crippen molar-refractivity contribution in [3.8, 4) is 126 Å². The Morgan fingerprint density at radius 1 is 0.271 bits per heavy atom. The van der Waals surface area contributed by atoms with Gasteiger partial charge in [-0.15, -0.1) is 0 Å². The summed E-state index contributed by atoms with van der Waals surface area (Å²) in [4.78, 5) is 0. The summed E-state index contributed by atoms with van der Waals surface area (Å²) in [5.74, 6) is -18.4. The lowest BCUT2D eigenvalue weighted by Crippen LogP contribution is -1.95. The molecule has 0 aliphatic heterocycles. The summed E-state index contributed by atoms with van der Waals surface area (Å²) in [6.07, 6.45) is 0. The Hall–Kier alpha value is -7.50. The molecule has 48 heavy (non-hydrogen) atoms. The zero-order valence-electron chi connectivity index (χ0n) is 23.5. The number of ether oxygens (including phenoxy) is 4. The van der Waals surface area contributed by atoms with Crippen molar-refractivity contribution in [2.75, 3.05) is 0 Å². The van der Waals surface area contributed by atoms with Crippen LogP contribution in [0.3, 0.4) is 0 Å². The Balaban J connectivity index is 1.52. The van der Waals surface area contributed by atoms with Gasteiger partial charge in [-0.05, 0) is 0 Å². The molecule has 0 unspecified atom stereocenters. The van der Waals surface area contributed by atoms with Crippen molar-refractivity contribution in [1.29, 1.82) is 0 Å². The Morgan fingerprint density at radius 3 is 0.958 bits per heavy atom. The minimum atomic E-state index is -1.15. The van der Waals surface area contributed by atoms with Crippen LogP contribution < -0.4 is 18.9 Å². The summed E-state index contributed by atoms with van der Waals surface area (Å²) in [5, 5.41) is 141. The van der Waals surface area contributed by atoms with Crippen LogP contribution >= 0.6 is 0 Å². The monoisotopic (exact) mass is 670 g/mol. The molecule has 0 atom stereocenters. The van der Waals surface area contributed by atoms with Gasteiger partial charge in [0.1, 0.15) is 17.2 Å². The van der Waals surface area contributed by atoms with Crippen molar-refractivity contribution < 1.29 is 90.4 Å². The number of benzene rings is 5. The third-order valence-electron chi connectivity index (χ3n) is 6.31. The fraction of sp³-hybridized carbons (Fsp3) is 0. The molecular weight excluding hydrogens is 648 g/mol. The molecule has 0 radical (unpaired) electrons. The molecule has 0 fully saturated rings. The molecule has 0 heterocycles. The van der Waals surface area contributed by atoms with Crippen LogP contribution in [0.1, 0.15) is 0 Å². The second-order valence-electron chi connectivity index (χ2n) is 9.66. The number of rotatable bonds is 8. The molecule has 18 heteroatoms. The number of aromatic hydroxyl groups is 14. The normalized spacial score (nSPS) is 10.8. The van der Waals surface area contributed by atoms with Crippen molar-refractivity contribution in [2.45, 2.75) is 0 Å². The second kappa shape index (κ2) is 11.8. The number of phenolic OH excluding ortho intramolecular Hbond substituents is 14. The summed E-state index contributed by atoms with van der Waals surface area (Å²) in [5.41, 5.74) is 0. The molecule has 0 aliphatic rings. The van der Waals surface area contributed by atoms with Crippen molar-refractivity contribution in [2.24, 2.45) is 0 Å². The van der Waals surface area contributed by atoms with Gasteiger partial charge in [0.15, 0.2) is 57.5 Å². The SMILES string of the molecule is Oc1cc(O)c(Oc2cc(O)c(O)c(O)c2Oc2cc(O)c(Oc3cc(O)c(O)c(O)c3Oc3cc(O)c(O)c(O)c3)c(O)c2)c(O)c1.